The second kappa shape index (κ2) is 4.91. The Morgan fingerprint density at radius 2 is 2.50 bits per heavy atom. The van der Waals surface area contributed by atoms with Gasteiger partial charge < -0.3 is 9.88 Å². The molecule has 1 saturated heterocycles. The van der Waals surface area contributed by atoms with Crippen molar-refractivity contribution < 1.29 is 0 Å². The van der Waals surface area contributed by atoms with E-state index in [9.17, 15) is 0 Å². The lowest BCUT2D eigenvalue weighted by molar-refractivity contribution is 0.503. The highest BCUT2D eigenvalue weighted by Gasteiger charge is 2.22. The van der Waals surface area contributed by atoms with Gasteiger partial charge in [-0.2, -0.15) is 0 Å². The van der Waals surface area contributed by atoms with Gasteiger partial charge in [-0.05, 0) is 5.92 Å². The number of nitrogens with one attached hydrogen (secondary N) is 1. The fourth-order valence-electron chi connectivity index (χ4n) is 1.55. The van der Waals surface area contributed by atoms with Crippen molar-refractivity contribution in [2.45, 2.75) is 26.4 Å². The van der Waals surface area contributed by atoms with Crippen LogP contribution in [-0.2, 0) is 13.6 Å². The first-order valence-corrected chi connectivity index (χ1v) is 6.55. The van der Waals surface area contributed by atoms with Crippen LogP contribution >= 0.6 is 11.8 Å². The lowest BCUT2D eigenvalue weighted by Gasteiger charge is -2.13. The molecular weight excluding hydrogens is 220 g/mol. The average Bonchev–Trinajstić information content (AvgIpc) is 2.83. The molecule has 1 N–H and O–H groups in total. The number of thioether (sulfide) groups is 1. The van der Waals surface area contributed by atoms with Gasteiger partial charge >= 0.3 is 0 Å². The Morgan fingerprint density at radius 1 is 1.69 bits per heavy atom. The summed E-state index contributed by atoms with van der Waals surface area (Å²) >= 11 is 1.81. The van der Waals surface area contributed by atoms with Crippen LogP contribution in [0.2, 0.25) is 0 Å². The summed E-state index contributed by atoms with van der Waals surface area (Å²) in [5, 5.41) is 4.51. The molecule has 1 aromatic heterocycles. The van der Waals surface area contributed by atoms with Gasteiger partial charge in [0.1, 0.15) is 5.82 Å². The van der Waals surface area contributed by atoms with E-state index < -0.39 is 0 Å². The molecule has 1 unspecified atom stereocenters. The molecular formula is C11H18N4S. The first-order valence-electron chi connectivity index (χ1n) is 5.57. The summed E-state index contributed by atoms with van der Waals surface area (Å²) in [6.07, 6.45) is 3.75. The summed E-state index contributed by atoms with van der Waals surface area (Å²) < 4.78 is 2.00. The largest absolute Gasteiger partial charge is 0.361 e. The lowest BCUT2D eigenvalue weighted by Crippen LogP contribution is -2.31. The van der Waals surface area contributed by atoms with Crippen LogP contribution in [-0.4, -0.2) is 26.5 Å². The molecule has 1 aliphatic heterocycles. The van der Waals surface area contributed by atoms with Gasteiger partial charge in [-0.3, -0.25) is 4.99 Å². The van der Waals surface area contributed by atoms with E-state index in [1.807, 2.05) is 35.8 Å². The Balaban J connectivity index is 1.92. The molecule has 4 nitrogen and oxygen atoms in total. The van der Waals surface area contributed by atoms with E-state index >= 15 is 0 Å². The number of rotatable bonds is 3. The van der Waals surface area contributed by atoms with E-state index in [-0.39, 0.29) is 0 Å². The molecule has 2 heterocycles. The summed E-state index contributed by atoms with van der Waals surface area (Å²) in [6, 6.07) is 0.560. The van der Waals surface area contributed by atoms with Crippen molar-refractivity contribution >= 4 is 16.9 Å². The molecule has 0 aliphatic carbocycles. The van der Waals surface area contributed by atoms with Crippen molar-refractivity contribution in [2.75, 3.05) is 5.75 Å². The van der Waals surface area contributed by atoms with Crippen LogP contribution in [0.4, 0.5) is 0 Å². The maximum Gasteiger partial charge on any atom is 0.157 e. The van der Waals surface area contributed by atoms with E-state index in [1.54, 1.807) is 0 Å². The third-order valence-electron chi connectivity index (χ3n) is 2.80. The molecule has 0 aromatic carbocycles. The molecule has 88 valence electrons. The van der Waals surface area contributed by atoms with Gasteiger partial charge in [0.05, 0.1) is 6.54 Å². The quantitative estimate of drug-likeness (QED) is 0.870. The molecule has 1 aromatic rings. The highest BCUT2D eigenvalue weighted by Crippen LogP contribution is 2.19. The topological polar surface area (TPSA) is 42.2 Å². The van der Waals surface area contributed by atoms with Crippen LogP contribution in [0, 0.1) is 5.92 Å². The zero-order valence-corrected chi connectivity index (χ0v) is 10.8. The molecule has 0 bridgehead atoms. The third-order valence-corrected chi connectivity index (χ3v) is 3.84. The number of hydrogen-bond acceptors (Lipinski definition) is 3. The lowest BCUT2D eigenvalue weighted by atomic mass is 10.1. The van der Waals surface area contributed by atoms with Crippen molar-refractivity contribution in [3.63, 3.8) is 0 Å². The zero-order chi connectivity index (χ0) is 11.5. The fraction of sp³-hybridized carbons (Fsp3) is 0.636. The van der Waals surface area contributed by atoms with Gasteiger partial charge in [-0.25, -0.2) is 4.98 Å². The first-order chi connectivity index (χ1) is 7.66. The van der Waals surface area contributed by atoms with Crippen LogP contribution < -0.4 is 5.32 Å². The Bertz CT molecular complexity index is 383. The molecule has 0 radical (unpaired) electrons. The first kappa shape index (κ1) is 11.5. The normalized spacial score (nSPS) is 23.0. The molecule has 1 fully saturated rings. The van der Waals surface area contributed by atoms with Crippen molar-refractivity contribution in [3.8, 4) is 0 Å². The summed E-state index contributed by atoms with van der Waals surface area (Å²) in [5.74, 6) is 2.79. The van der Waals surface area contributed by atoms with Crippen molar-refractivity contribution in [1.29, 1.82) is 0 Å². The van der Waals surface area contributed by atoms with Gasteiger partial charge in [-0.15, -0.1) is 0 Å². The van der Waals surface area contributed by atoms with Gasteiger partial charge in [0.25, 0.3) is 0 Å². The average molecular weight is 238 g/mol. The SMILES string of the molecule is CC(C)C1CSC(=NCc2nccn2C)N1. The third kappa shape index (κ3) is 2.58. The Kier molecular flexibility index (Phi) is 3.53. The maximum atomic E-state index is 4.54. The van der Waals surface area contributed by atoms with Crippen molar-refractivity contribution in [3.05, 3.63) is 18.2 Å². The number of imidazole rings is 1. The molecule has 5 heteroatoms. The smallest absolute Gasteiger partial charge is 0.157 e. The van der Waals surface area contributed by atoms with E-state index in [0.717, 1.165) is 16.7 Å². The number of amidine groups is 1. The monoisotopic (exact) mass is 238 g/mol. The van der Waals surface area contributed by atoms with Crippen LogP contribution in [0.1, 0.15) is 19.7 Å². The van der Waals surface area contributed by atoms with Crippen molar-refractivity contribution in [2.24, 2.45) is 18.0 Å². The summed E-state index contributed by atoms with van der Waals surface area (Å²) in [4.78, 5) is 8.79. The fourth-order valence-corrected chi connectivity index (χ4v) is 2.75. The van der Waals surface area contributed by atoms with E-state index in [4.69, 9.17) is 0 Å². The number of hydrogen-bond donors (Lipinski definition) is 1. The van der Waals surface area contributed by atoms with Crippen molar-refractivity contribution in [1.82, 2.24) is 14.9 Å². The minimum atomic E-state index is 0.560. The minimum absolute atomic E-state index is 0.560. The van der Waals surface area contributed by atoms with E-state index in [0.29, 0.717) is 18.5 Å². The molecule has 1 atom stereocenters. The Morgan fingerprint density at radius 3 is 3.06 bits per heavy atom. The van der Waals surface area contributed by atoms with Gasteiger partial charge in [0, 0.05) is 31.2 Å². The Labute approximate surface area is 101 Å². The molecule has 0 spiro atoms. The second-order valence-electron chi connectivity index (χ2n) is 4.38. The van der Waals surface area contributed by atoms with Gasteiger partial charge in [-0.1, -0.05) is 25.6 Å². The second-order valence-corrected chi connectivity index (χ2v) is 5.39. The van der Waals surface area contributed by atoms with E-state index in [1.165, 1.54) is 0 Å². The predicted molar refractivity (Wildman–Crippen MR) is 68.6 cm³/mol. The number of aryl methyl sites for hydroxylation is 1. The summed E-state index contributed by atoms with van der Waals surface area (Å²) in [7, 11) is 1.99. The van der Waals surface area contributed by atoms with Crippen LogP contribution in [0.5, 0.6) is 0 Å². The molecule has 16 heavy (non-hydrogen) atoms. The molecule has 0 saturated carbocycles. The predicted octanol–water partition coefficient (Wildman–Crippen LogP) is 1.64. The summed E-state index contributed by atoms with van der Waals surface area (Å²) in [5.41, 5.74) is 0. The van der Waals surface area contributed by atoms with E-state index in [2.05, 4.69) is 29.1 Å². The zero-order valence-electron chi connectivity index (χ0n) is 9.97. The van der Waals surface area contributed by atoms with Gasteiger partial charge in [0.2, 0.25) is 0 Å². The highest BCUT2D eigenvalue weighted by molar-refractivity contribution is 8.14. The highest BCUT2D eigenvalue weighted by atomic mass is 32.2. The minimum Gasteiger partial charge on any atom is -0.361 e. The van der Waals surface area contributed by atoms with Crippen LogP contribution in [0.3, 0.4) is 0 Å². The maximum absolute atomic E-state index is 4.54. The molecule has 0 amide bonds. The van der Waals surface area contributed by atoms with Crippen LogP contribution in [0.25, 0.3) is 0 Å². The summed E-state index contributed by atoms with van der Waals surface area (Å²) in [6.45, 7) is 5.13. The standard InChI is InChI=1S/C11H18N4S/c1-8(2)9-7-16-11(14-9)13-6-10-12-4-5-15(10)3/h4-5,8-9H,6-7H2,1-3H3,(H,13,14). The number of aliphatic imine (C=N–C) groups is 1. The number of nitrogens with zero attached hydrogens (tertiary/aromatic N) is 3. The number of aromatic nitrogens is 2. The Hall–Kier alpha value is -0.970. The molecule has 1 aliphatic rings. The van der Waals surface area contributed by atoms with Crippen LogP contribution in [0.15, 0.2) is 17.4 Å². The van der Waals surface area contributed by atoms with Gasteiger partial charge in [0.15, 0.2) is 5.17 Å². The molecule has 2 rings (SSSR count).